The number of halogens is 4. The molecule has 0 aliphatic heterocycles. The fraction of sp³-hybridized carbons (Fsp3) is 0.282. The fourth-order valence-corrected chi connectivity index (χ4v) is 5.52. The van der Waals surface area contributed by atoms with Crippen molar-refractivity contribution in [1.29, 1.82) is 0 Å². The molecule has 0 aliphatic rings. The second kappa shape index (κ2) is 15.6. The molecule has 4 aromatic carbocycles. The van der Waals surface area contributed by atoms with Crippen LogP contribution in [0.2, 0.25) is 0 Å². The average molecular weight is 709 g/mol. The first-order valence-corrected chi connectivity index (χ1v) is 16.0. The van der Waals surface area contributed by atoms with Gasteiger partial charge in [0.15, 0.2) is 0 Å². The SMILES string of the molecule is Cc1c(/C=C/c2cc(CN[C@@](C)(CO)C(=O)O)ccc2C(F)(F)F)cccc1-c1cccc(-c2cc(CN[C@@](C)(CO)C(=O)O)ccc2F)c1C. The summed E-state index contributed by atoms with van der Waals surface area (Å²) in [6.07, 6.45) is -1.73. The average Bonchev–Trinajstić information content (AvgIpc) is 3.09. The maximum atomic E-state index is 15.3. The second-order valence-corrected chi connectivity index (χ2v) is 12.9. The Bertz CT molecular complexity index is 1960. The Balaban J connectivity index is 1.69. The van der Waals surface area contributed by atoms with Crippen molar-refractivity contribution in [3.05, 3.63) is 118 Å². The van der Waals surface area contributed by atoms with Gasteiger partial charge in [0.25, 0.3) is 0 Å². The molecular weight excluding hydrogens is 668 g/mol. The maximum absolute atomic E-state index is 15.3. The van der Waals surface area contributed by atoms with Crippen molar-refractivity contribution in [3.8, 4) is 22.3 Å². The van der Waals surface area contributed by atoms with E-state index < -0.39 is 53.8 Å². The smallest absolute Gasteiger partial charge is 0.416 e. The Morgan fingerprint density at radius 1 is 0.667 bits per heavy atom. The van der Waals surface area contributed by atoms with Crippen molar-refractivity contribution in [1.82, 2.24) is 10.6 Å². The highest BCUT2D eigenvalue weighted by Gasteiger charge is 2.34. The van der Waals surface area contributed by atoms with Gasteiger partial charge in [-0.2, -0.15) is 13.2 Å². The van der Waals surface area contributed by atoms with E-state index in [4.69, 9.17) is 0 Å². The molecule has 2 atom stereocenters. The Morgan fingerprint density at radius 3 is 1.67 bits per heavy atom. The van der Waals surface area contributed by atoms with Crippen molar-refractivity contribution in [3.63, 3.8) is 0 Å². The monoisotopic (exact) mass is 708 g/mol. The van der Waals surface area contributed by atoms with Crippen LogP contribution in [0.1, 0.15) is 52.8 Å². The van der Waals surface area contributed by atoms with Crippen LogP contribution in [0.3, 0.4) is 0 Å². The molecule has 0 spiro atoms. The number of rotatable bonds is 14. The van der Waals surface area contributed by atoms with Gasteiger partial charge < -0.3 is 20.4 Å². The minimum Gasteiger partial charge on any atom is -0.480 e. The van der Waals surface area contributed by atoms with Gasteiger partial charge in [0, 0.05) is 18.7 Å². The van der Waals surface area contributed by atoms with E-state index >= 15 is 4.39 Å². The Kier molecular flexibility index (Phi) is 11.9. The summed E-state index contributed by atoms with van der Waals surface area (Å²) in [5, 5.41) is 43.4. The van der Waals surface area contributed by atoms with Crippen molar-refractivity contribution in [2.45, 2.75) is 58.0 Å². The molecule has 0 aliphatic carbocycles. The molecule has 4 aromatic rings. The van der Waals surface area contributed by atoms with E-state index in [1.54, 1.807) is 36.4 Å². The zero-order valence-electron chi connectivity index (χ0n) is 28.5. The molecule has 0 unspecified atom stereocenters. The number of carbonyl (C=O) groups is 2. The Labute approximate surface area is 293 Å². The van der Waals surface area contributed by atoms with E-state index in [0.717, 1.165) is 28.3 Å². The number of aliphatic hydroxyl groups excluding tert-OH is 2. The number of aliphatic carboxylic acids is 2. The normalized spacial score (nSPS) is 14.3. The lowest BCUT2D eigenvalue weighted by molar-refractivity contribution is -0.146. The summed E-state index contributed by atoms with van der Waals surface area (Å²) in [6.45, 7) is 4.90. The first kappa shape index (κ1) is 38.9. The zero-order valence-corrected chi connectivity index (χ0v) is 28.5. The number of hydrogen-bond acceptors (Lipinski definition) is 6. The minimum absolute atomic E-state index is 0.0582. The van der Waals surface area contributed by atoms with Crippen LogP contribution in [0.4, 0.5) is 17.6 Å². The van der Waals surface area contributed by atoms with Crippen LogP contribution in [0.25, 0.3) is 34.4 Å². The molecule has 0 saturated carbocycles. The number of aliphatic hydroxyl groups is 2. The quantitative estimate of drug-likeness (QED) is 0.0621. The van der Waals surface area contributed by atoms with E-state index in [2.05, 4.69) is 10.6 Å². The molecule has 8 nitrogen and oxygen atoms in total. The summed E-state index contributed by atoms with van der Waals surface area (Å²) < 4.78 is 57.3. The van der Waals surface area contributed by atoms with E-state index in [0.29, 0.717) is 27.8 Å². The van der Waals surface area contributed by atoms with E-state index in [1.165, 1.54) is 44.2 Å². The Morgan fingerprint density at radius 2 is 1.14 bits per heavy atom. The second-order valence-electron chi connectivity index (χ2n) is 12.9. The van der Waals surface area contributed by atoms with E-state index in [9.17, 15) is 43.2 Å². The molecule has 0 bridgehead atoms. The summed E-state index contributed by atoms with van der Waals surface area (Å²) >= 11 is 0. The molecule has 0 radical (unpaired) electrons. The van der Waals surface area contributed by atoms with Crippen LogP contribution in [0, 0.1) is 19.7 Å². The molecule has 0 fully saturated rings. The highest BCUT2D eigenvalue weighted by molar-refractivity contribution is 5.83. The van der Waals surface area contributed by atoms with Gasteiger partial charge in [-0.1, -0.05) is 60.7 Å². The number of nitrogens with one attached hydrogen (secondary N) is 2. The largest absolute Gasteiger partial charge is 0.480 e. The minimum atomic E-state index is -4.65. The highest BCUT2D eigenvalue weighted by Crippen LogP contribution is 2.37. The summed E-state index contributed by atoms with van der Waals surface area (Å²) in [5.74, 6) is -3.02. The van der Waals surface area contributed by atoms with E-state index in [-0.39, 0.29) is 18.7 Å². The van der Waals surface area contributed by atoms with Crippen molar-refractivity contribution < 1.29 is 47.6 Å². The zero-order chi connectivity index (χ0) is 37.7. The van der Waals surface area contributed by atoms with Crippen molar-refractivity contribution in [2.24, 2.45) is 0 Å². The van der Waals surface area contributed by atoms with Crippen LogP contribution >= 0.6 is 0 Å². The van der Waals surface area contributed by atoms with Crippen molar-refractivity contribution >= 4 is 24.1 Å². The highest BCUT2D eigenvalue weighted by atomic mass is 19.4. The molecule has 0 aromatic heterocycles. The van der Waals surface area contributed by atoms with Gasteiger partial charge in [0.1, 0.15) is 16.9 Å². The third-order valence-electron chi connectivity index (χ3n) is 9.13. The summed E-state index contributed by atoms with van der Waals surface area (Å²) in [4.78, 5) is 23.1. The van der Waals surface area contributed by atoms with Gasteiger partial charge >= 0.3 is 18.1 Å². The van der Waals surface area contributed by atoms with Gasteiger partial charge in [0.05, 0.1) is 18.8 Å². The molecule has 4 rings (SSSR count). The van der Waals surface area contributed by atoms with Gasteiger partial charge in [-0.3, -0.25) is 20.2 Å². The number of alkyl halides is 3. The van der Waals surface area contributed by atoms with E-state index in [1.807, 2.05) is 26.0 Å². The molecule has 6 N–H and O–H groups in total. The third-order valence-corrected chi connectivity index (χ3v) is 9.13. The predicted molar refractivity (Wildman–Crippen MR) is 187 cm³/mol. The maximum Gasteiger partial charge on any atom is 0.416 e. The van der Waals surface area contributed by atoms with Crippen LogP contribution in [-0.4, -0.2) is 56.7 Å². The van der Waals surface area contributed by atoms with Gasteiger partial charge in [-0.15, -0.1) is 0 Å². The first-order chi connectivity index (χ1) is 23.9. The summed E-state index contributed by atoms with van der Waals surface area (Å²) in [7, 11) is 0. The molecule has 0 amide bonds. The van der Waals surface area contributed by atoms with Gasteiger partial charge in [-0.25, -0.2) is 4.39 Å². The number of benzene rings is 4. The van der Waals surface area contributed by atoms with Crippen LogP contribution in [0.5, 0.6) is 0 Å². The van der Waals surface area contributed by atoms with Crippen LogP contribution in [-0.2, 0) is 28.9 Å². The predicted octanol–water partition coefficient (Wildman–Crippen LogP) is 6.82. The van der Waals surface area contributed by atoms with Crippen LogP contribution in [0.15, 0.2) is 72.8 Å². The lowest BCUT2D eigenvalue weighted by Gasteiger charge is -2.24. The lowest BCUT2D eigenvalue weighted by atomic mass is 9.88. The molecule has 0 heterocycles. The summed E-state index contributed by atoms with van der Waals surface area (Å²) in [6, 6.07) is 18.8. The van der Waals surface area contributed by atoms with Crippen molar-refractivity contribution in [2.75, 3.05) is 13.2 Å². The molecule has 270 valence electrons. The summed E-state index contributed by atoms with van der Waals surface area (Å²) in [5.41, 5.74) is 1.31. The number of carboxylic acid groups (broad SMARTS) is 2. The number of hydrogen-bond donors (Lipinski definition) is 6. The molecule has 51 heavy (non-hydrogen) atoms. The first-order valence-electron chi connectivity index (χ1n) is 16.0. The Hall–Kier alpha value is -4.88. The number of carboxylic acids is 2. The van der Waals surface area contributed by atoms with Gasteiger partial charge in [-0.05, 0) is 102 Å². The lowest BCUT2D eigenvalue weighted by Crippen LogP contribution is -2.52. The molecular formula is C39H40F4N2O6. The van der Waals surface area contributed by atoms with Gasteiger partial charge in [0.2, 0.25) is 0 Å². The molecule has 0 saturated heterocycles. The van der Waals surface area contributed by atoms with Crippen LogP contribution < -0.4 is 10.6 Å². The third kappa shape index (κ3) is 8.71. The fourth-order valence-electron chi connectivity index (χ4n) is 5.52. The molecule has 12 heteroatoms. The topological polar surface area (TPSA) is 139 Å². The standard InChI is InChI=1S/C39H40F4N2O6/c1-23-27(13-14-28-17-25(11-15-33(28)39(41,42)43)19-44-37(3,21-46)35(48)49)7-5-8-29(23)30-9-6-10-31(24(30)2)32-18-26(12-16-34(32)40)20-45-38(4,22-47)36(50)51/h5-18,44-47H,19-22H2,1-4H3,(H,48,49)(H,50,51)/b14-13+/t37-,38-/m0/s1.